The van der Waals surface area contributed by atoms with Crippen LogP contribution in [0.1, 0.15) is 44.5 Å². The Balaban J connectivity index is 3.08. The number of likely N-dealkylation sites (N-methyl/N-ethyl adjacent to an activating group) is 1. The molecule has 0 radical (unpaired) electrons. The number of nitrogens with zero attached hydrogens (tertiary/aromatic N) is 1. The summed E-state index contributed by atoms with van der Waals surface area (Å²) in [6.45, 7) is 13.9. The molecule has 1 unspecified atom stereocenters. The Labute approximate surface area is 166 Å². The van der Waals surface area contributed by atoms with Gasteiger partial charge in [0.15, 0.2) is 11.4 Å². The molecule has 0 aliphatic carbocycles. The van der Waals surface area contributed by atoms with E-state index < -0.39 is 5.60 Å². The molecule has 1 atom stereocenters. The van der Waals surface area contributed by atoms with E-state index in [4.69, 9.17) is 22.1 Å². The molecular weight excluding hydrogens is 366 g/mol. The lowest BCUT2D eigenvalue weighted by atomic mass is 9.97. The minimum absolute atomic E-state index is 0.177. The molecular formula is C20H30ClN3O3. The maximum absolute atomic E-state index is 12.7. The van der Waals surface area contributed by atoms with E-state index in [9.17, 15) is 9.59 Å². The number of rotatable bonds is 11. The van der Waals surface area contributed by atoms with Crippen molar-refractivity contribution in [2.24, 2.45) is 0 Å². The Bertz CT molecular complexity index is 689. The van der Waals surface area contributed by atoms with E-state index in [-0.39, 0.29) is 33.7 Å². The normalized spacial score (nSPS) is 13.1. The van der Waals surface area contributed by atoms with Gasteiger partial charge in [-0.1, -0.05) is 31.5 Å². The number of halogens is 1. The zero-order chi connectivity index (χ0) is 20.6. The first-order valence-electron chi connectivity index (χ1n) is 9.09. The molecule has 0 aromatic heterocycles. The molecule has 1 aromatic rings. The second kappa shape index (κ2) is 10.3. The van der Waals surface area contributed by atoms with E-state index in [2.05, 4.69) is 30.6 Å². The van der Waals surface area contributed by atoms with Gasteiger partial charge in [0.05, 0.1) is 16.3 Å². The second-order valence-corrected chi connectivity index (χ2v) is 6.94. The van der Waals surface area contributed by atoms with E-state index in [1.54, 1.807) is 13.0 Å². The molecule has 1 amide bonds. The van der Waals surface area contributed by atoms with Crippen LogP contribution in [0.5, 0.6) is 5.75 Å². The van der Waals surface area contributed by atoms with Crippen LogP contribution in [0.4, 0.5) is 5.69 Å². The summed E-state index contributed by atoms with van der Waals surface area (Å²) in [5.41, 5.74) is 5.25. The third-order valence-electron chi connectivity index (χ3n) is 4.57. The number of Topliss-reactive ketones (excluding diaryl/α,β-unsaturated/α-hetero) is 1. The number of nitrogens with two attached hydrogens (primary N) is 1. The summed E-state index contributed by atoms with van der Waals surface area (Å²) in [6, 6.07) is 2.94. The maximum Gasteiger partial charge on any atom is 0.255 e. The Kier molecular flexibility index (Phi) is 8.79. The third kappa shape index (κ3) is 6.26. The van der Waals surface area contributed by atoms with E-state index in [1.165, 1.54) is 19.1 Å². The van der Waals surface area contributed by atoms with Gasteiger partial charge in [0.1, 0.15) is 5.75 Å². The Morgan fingerprint density at radius 1 is 1.37 bits per heavy atom. The Hall–Kier alpha value is -2.05. The molecule has 0 aliphatic rings. The maximum atomic E-state index is 12.7. The highest BCUT2D eigenvalue weighted by molar-refractivity contribution is 6.33. The molecule has 27 heavy (non-hydrogen) atoms. The molecule has 7 heteroatoms. The fourth-order valence-corrected chi connectivity index (χ4v) is 2.73. The van der Waals surface area contributed by atoms with Gasteiger partial charge >= 0.3 is 0 Å². The molecule has 1 aromatic carbocycles. The van der Waals surface area contributed by atoms with Crippen molar-refractivity contribution in [2.75, 3.05) is 31.9 Å². The first kappa shape index (κ1) is 23.0. The fourth-order valence-electron chi connectivity index (χ4n) is 2.57. The number of hydrogen-bond donors (Lipinski definition) is 2. The van der Waals surface area contributed by atoms with Crippen LogP contribution < -0.4 is 15.8 Å². The van der Waals surface area contributed by atoms with Crippen molar-refractivity contribution >= 4 is 29.0 Å². The zero-order valence-corrected chi connectivity index (χ0v) is 17.4. The van der Waals surface area contributed by atoms with Crippen LogP contribution in [0.25, 0.3) is 0 Å². The molecule has 0 spiro atoms. The van der Waals surface area contributed by atoms with Gasteiger partial charge in [0, 0.05) is 25.6 Å². The summed E-state index contributed by atoms with van der Waals surface area (Å²) in [5.74, 6) is -0.288. The van der Waals surface area contributed by atoms with Crippen LogP contribution in [0.2, 0.25) is 5.02 Å². The molecule has 150 valence electrons. The Morgan fingerprint density at radius 2 is 2.00 bits per heavy atom. The largest absolute Gasteiger partial charge is 0.479 e. The number of amides is 1. The van der Waals surface area contributed by atoms with Crippen molar-refractivity contribution in [1.82, 2.24) is 10.2 Å². The predicted molar refractivity (Wildman–Crippen MR) is 111 cm³/mol. The Morgan fingerprint density at radius 3 is 2.52 bits per heavy atom. The molecule has 1 rings (SSSR count). The predicted octanol–water partition coefficient (Wildman–Crippen LogP) is 3.30. The van der Waals surface area contributed by atoms with Crippen LogP contribution in [0.3, 0.4) is 0 Å². The number of hydrogen-bond acceptors (Lipinski definition) is 5. The highest BCUT2D eigenvalue weighted by Gasteiger charge is 2.32. The number of carbonyl (C=O) groups is 2. The van der Waals surface area contributed by atoms with Gasteiger partial charge in [-0.2, -0.15) is 0 Å². The van der Waals surface area contributed by atoms with Crippen molar-refractivity contribution < 1.29 is 14.3 Å². The smallest absolute Gasteiger partial charge is 0.255 e. The van der Waals surface area contributed by atoms with Crippen molar-refractivity contribution in [3.8, 4) is 5.75 Å². The number of nitrogens with one attached hydrogen (secondary N) is 1. The number of carbonyl (C=O) groups excluding carboxylic acids is 2. The lowest BCUT2D eigenvalue weighted by molar-refractivity contribution is -0.130. The molecule has 0 bridgehead atoms. The lowest BCUT2D eigenvalue weighted by Gasteiger charge is -2.28. The second-order valence-electron chi connectivity index (χ2n) is 6.53. The molecule has 0 aliphatic heterocycles. The first-order chi connectivity index (χ1) is 12.7. The van der Waals surface area contributed by atoms with Gasteiger partial charge in [0.25, 0.3) is 5.91 Å². The summed E-state index contributed by atoms with van der Waals surface area (Å²) < 4.78 is 5.93. The van der Waals surface area contributed by atoms with Gasteiger partial charge in [-0.15, -0.1) is 6.58 Å². The minimum atomic E-state index is -1.14. The monoisotopic (exact) mass is 395 g/mol. The van der Waals surface area contributed by atoms with Gasteiger partial charge in [-0.3, -0.25) is 9.59 Å². The molecule has 0 heterocycles. The van der Waals surface area contributed by atoms with Crippen LogP contribution in [-0.2, 0) is 4.79 Å². The van der Waals surface area contributed by atoms with Crippen LogP contribution in [0, 0.1) is 0 Å². The zero-order valence-electron chi connectivity index (χ0n) is 16.6. The lowest BCUT2D eigenvalue weighted by Crippen LogP contribution is -2.40. The average molecular weight is 396 g/mol. The van der Waals surface area contributed by atoms with Crippen LogP contribution in [0.15, 0.2) is 24.8 Å². The number of ether oxygens (including phenoxy) is 1. The molecule has 0 saturated heterocycles. The fraction of sp³-hybridized carbons (Fsp3) is 0.500. The summed E-state index contributed by atoms with van der Waals surface area (Å²) >= 11 is 6.10. The molecule has 0 saturated carbocycles. The van der Waals surface area contributed by atoms with Crippen LogP contribution in [-0.4, -0.2) is 48.4 Å². The number of anilines is 1. The standard InChI is InChI=1S/C20H30ClN3O3/c1-6-9-20(5,14(4)25)27-18-13-17(22)16(21)12-15(18)19(26)23-10-11-24(7-2)8-3/h6,12-13H,1,7-11,22H2,2-5H3,(H,23,26). The van der Waals surface area contributed by atoms with Crippen molar-refractivity contribution in [3.05, 3.63) is 35.4 Å². The van der Waals surface area contributed by atoms with Crippen molar-refractivity contribution in [3.63, 3.8) is 0 Å². The average Bonchev–Trinajstić information content (AvgIpc) is 2.61. The van der Waals surface area contributed by atoms with Gasteiger partial charge in [0.2, 0.25) is 0 Å². The summed E-state index contributed by atoms with van der Waals surface area (Å²) in [4.78, 5) is 27.0. The molecule has 0 fully saturated rings. The van der Waals surface area contributed by atoms with E-state index >= 15 is 0 Å². The minimum Gasteiger partial charge on any atom is -0.479 e. The molecule has 6 nitrogen and oxygen atoms in total. The van der Waals surface area contributed by atoms with E-state index in [0.29, 0.717) is 13.0 Å². The first-order valence-corrected chi connectivity index (χ1v) is 9.46. The summed E-state index contributed by atoms with van der Waals surface area (Å²) in [7, 11) is 0. The number of ketones is 1. The highest BCUT2D eigenvalue weighted by Crippen LogP contribution is 2.32. The van der Waals surface area contributed by atoms with Crippen molar-refractivity contribution in [2.45, 2.75) is 39.7 Å². The summed E-state index contributed by atoms with van der Waals surface area (Å²) in [5, 5.41) is 3.12. The SMILES string of the molecule is C=CCC(C)(Oc1cc(N)c(Cl)cc1C(=O)NCCN(CC)CC)C(C)=O. The topological polar surface area (TPSA) is 84.7 Å². The third-order valence-corrected chi connectivity index (χ3v) is 4.89. The van der Waals surface area contributed by atoms with E-state index in [0.717, 1.165) is 19.6 Å². The molecule has 3 N–H and O–H groups in total. The number of nitrogen functional groups attached to an aromatic ring is 1. The quantitative estimate of drug-likeness (QED) is 0.443. The van der Waals surface area contributed by atoms with Gasteiger partial charge in [-0.25, -0.2) is 0 Å². The van der Waals surface area contributed by atoms with Gasteiger partial charge in [-0.05, 0) is 33.0 Å². The number of benzene rings is 1. The highest BCUT2D eigenvalue weighted by atomic mass is 35.5. The van der Waals surface area contributed by atoms with Crippen molar-refractivity contribution in [1.29, 1.82) is 0 Å². The summed E-state index contributed by atoms with van der Waals surface area (Å²) in [6.07, 6.45) is 1.90. The van der Waals surface area contributed by atoms with Crippen LogP contribution >= 0.6 is 11.6 Å². The van der Waals surface area contributed by atoms with E-state index in [1.807, 2.05) is 0 Å². The van der Waals surface area contributed by atoms with Gasteiger partial charge < -0.3 is 20.7 Å².